The maximum atomic E-state index is 12.2. The topological polar surface area (TPSA) is 59.3 Å². The van der Waals surface area contributed by atoms with Gasteiger partial charge in [-0.15, -0.1) is 21.5 Å². The SMILES string of the molecule is Cc1ccc([C@H]2C[C@@H]2C(=O)NCCc2nnc3ccccn23)s1. The van der Waals surface area contributed by atoms with Gasteiger partial charge in [-0.2, -0.15) is 0 Å². The number of carbonyl (C=O) groups excluding carboxylic acids is 1. The second-order valence-corrected chi connectivity index (χ2v) is 7.30. The number of pyridine rings is 1. The van der Waals surface area contributed by atoms with E-state index in [9.17, 15) is 4.79 Å². The highest BCUT2D eigenvalue weighted by molar-refractivity contribution is 7.12. The summed E-state index contributed by atoms with van der Waals surface area (Å²) in [5.41, 5.74) is 0.837. The van der Waals surface area contributed by atoms with Crippen molar-refractivity contribution >= 4 is 22.9 Å². The van der Waals surface area contributed by atoms with Crippen LogP contribution in [0.1, 0.15) is 27.9 Å². The predicted molar refractivity (Wildman–Crippen MR) is 89.6 cm³/mol. The molecule has 3 heterocycles. The summed E-state index contributed by atoms with van der Waals surface area (Å²) in [4.78, 5) is 14.9. The average Bonchev–Trinajstić information content (AvgIpc) is 3.08. The lowest BCUT2D eigenvalue weighted by Crippen LogP contribution is -2.28. The maximum Gasteiger partial charge on any atom is 0.223 e. The van der Waals surface area contributed by atoms with Crippen molar-refractivity contribution in [2.75, 3.05) is 6.54 Å². The molecule has 0 unspecified atom stereocenters. The first-order valence-corrected chi connectivity index (χ1v) is 8.67. The largest absolute Gasteiger partial charge is 0.355 e. The second-order valence-electron chi connectivity index (χ2n) is 5.98. The molecule has 0 aromatic carbocycles. The first-order valence-electron chi connectivity index (χ1n) is 7.85. The van der Waals surface area contributed by atoms with Gasteiger partial charge in [0.1, 0.15) is 5.82 Å². The minimum Gasteiger partial charge on any atom is -0.355 e. The van der Waals surface area contributed by atoms with E-state index in [2.05, 4.69) is 34.6 Å². The number of nitrogens with zero attached hydrogens (tertiary/aromatic N) is 3. The van der Waals surface area contributed by atoms with Crippen molar-refractivity contribution in [3.63, 3.8) is 0 Å². The molecule has 1 saturated carbocycles. The van der Waals surface area contributed by atoms with Gasteiger partial charge in [-0.05, 0) is 37.6 Å². The number of fused-ring (bicyclic) bond motifs is 1. The normalized spacial score (nSPS) is 19.9. The number of thiophene rings is 1. The molecule has 0 radical (unpaired) electrons. The third-order valence-electron chi connectivity index (χ3n) is 4.29. The van der Waals surface area contributed by atoms with Crippen molar-refractivity contribution in [3.05, 3.63) is 52.1 Å². The molecule has 23 heavy (non-hydrogen) atoms. The Morgan fingerprint density at radius 1 is 1.35 bits per heavy atom. The molecule has 0 aliphatic heterocycles. The van der Waals surface area contributed by atoms with Gasteiger partial charge in [-0.3, -0.25) is 9.20 Å². The van der Waals surface area contributed by atoms with Crippen LogP contribution >= 0.6 is 11.3 Å². The highest BCUT2D eigenvalue weighted by Gasteiger charge is 2.44. The molecule has 3 aromatic rings. The molecule has 118 valence electrons. The van der Waals surface area contributed by atoms with Crippen molar-refractivity contribution in [2.45, 2.75) is 25.7 Å². The molecule has 1 aliphatic carbocycles. The summed E-state index contributed by atoms with van der Waals surface area (Å²) in [6.45, 7) is 2.70. The Morgan fingerprint density at radius 2 is 2.26 bits per heavy atom. The molecule has 0 saturated heterocycles. The van der Waals surface area contributed by atoms with Crippen molar-refractivity contribution in [1.82, 2.24) is 19.9 Å². The zero-order valence-corrected chi connectivity index (χ0v) is 13.7. The Morgan fingerprint density at radius 3 is 3.09 bits per heavy atom. The summed E-state index contributed by atoms with van der Waals surface area (Å²) in [5, 5.41) is 11.3. The van der Waals surface area contributed by atoms with Gasteiger partial charge >= 0.3 is 0 Å². The molecule has 2 atom stereocenters. The smallest absolute Gasteiger partial charge is 0.223 e. The average molecular weight is 326 g/mol. The summed E-state index contributed by atoms with van der Waals surface area (Å²) in [6, 6.07) is 10.1. The monoisotopic (exact) mass is 326 g/mol. The lowest BCUT2D eigenvalue weighted by Gasteiger charge is -2.04. The van der Waals surface area contributed by atoms with E-state index in [0.717, 1.165) is 17.9 Å². The first-order chi connectivity index (χ1) is 11.2. The highest BCUT2D eigenvalue weighted by atomic mass is 32.1. The van der Waals surface area contributed by atoms with Crippen LogP contribution in [0.3, 0.4) is 0 Å². The van der Waals surface area contributed by atoms with E-state index >= 15 is 0 Å². The lowest BCUT2D eigenvalue weighted by molar-refractivity contribution is -0.122. The molecule has 3 aromatic heterocycles. The van der Waals surface area contributed by atoms with Crippen LogP contribution in [0.2, 0.25) is 0 Å². The number of hydrogen-bond acceptors (Lipinski definition) is 4. The van der Waals surface area contributed by atoms with Crippen molar-refractivity contribution in [3.8, 4) is 0 Å². The Kier molecular flexibility index (Phi) is 3.61. The number of amides is 1. The zero-order valence-electron chi connectivity index (χ0n) is 12.9. The second kappa shape index (κ2) is 5.77. The van der Waals surface area contributed by atoms with Crippen LogP contribution in [0, 0.1) is 12.8 Å². The Balaban J connectivity index is 1.31. The molecule has 6 heteroatoms. The third-order valence-corrected chi connectivity index (χ3v) is 5.42. The molecule has 1 amide bonds. The number of rotatable bonds is 5. The fraction of sp³-hybridized carbons (Fsp3) is 0.353. The lowest BCUT2D eigenvalue weighted by atomic mass is 10.2. The fourth-order valence-corrected chi connectivity index (χ4v) is 4.00. The molecule has 1 aliphatic rings. The summed E-state index contributed by atoms with van der Waals surface area (Å²) in [5.74, 6) is 1.60. The Labute approximate surface area is 138 Å². The van der Waals surface area contributed by atoms with Gasteiger partial charge in [0.15, 0.2) is 5.65 Å². The van der Waals surface area contributed by atoms with Gasteiger partial charge in [0, 0.05) is 40.8 Å². The van der Waals surface area contributed by atoms with Crippen LogP contribution in [-0.4, -0.2) is 27.0 Å². The standard InChI is InChI=1S/C17H18N4OS/c1-11-5-6-14(23-11)12-10-13(12)17(22)18-8-7-16-20-19-15-4-2-3-9-21(15)16/h2-6,9,12-13H,7-8,10H2,1H3,(H,18,22)/t12-,13-/m0/s1. The third kappa shape index (κ3) is 2.86. The number of carbonyl (C=O) groups is 1. The van der Waals surface area contributed by atoms with E-state index in [4.69, 9.17) is 0 Å². The number of hydrogen-bond donors (Lipinski definition) is 1. The number of nitrogens with one attached hydrogen (secondary N) is 1. The summed E-state index contributed by atoms with van der Waals surface area (Å²) in [6.07, 6.45) is 3.61. The molecular weight excluding hydrogens is 308 g/mol. The van der Waals surface area contributed by atoms with E-state index in [1.807, 2.05) is 28.8 Å². The van der Waals surface area contributed by atoms with E-state index < -0.39 is 0 Å². The van der Waals surface area contributed by atoms with Crippen molar-refractivity contribution < 1.29 is 4.79 Å². The van der Waals surface area contributed by atoms with E-state index in [0.29, 0.717) is 18.9 Å². The van der Waals surface area contributed by atoms with Crippen LogP contribution in [0.15, 0.2) is 36.5 Å². The molecular formula is C17H18N4OS. The Hall–Kier alpha value is -2.21. The van der Waals surface area contributed by atoms with E-state index in [-0.39, 0.29) is 11.8 Å². The number of aromatic nitrogens is 3. The van der Waals surface area contributed by atoms with Crippen molar-refractivity contribution in [1.29, 1.82) is 0 Å². The highest BCUT2D eigenvalue weighted by Crippen LogP contribution is 2.49. The van der Waals surface area contributed by atoms with Crippen LogP contribution in [0.4, 0.5) is 0 Å². The van der Waals surface area contributed by atoms with E-state index in [1.54, 1.807) is 11.3 Å². The fourth-order valence-electron chi connectivity index (χ4n) is 2.94. The minimum atomic E-state index is 0.142. The van der Waals surface area contributed by atoms with Gasteiger partial charge in [-0.25, -0.2) is 0 Å². The number of aryl methyl sites for hydroxylation is 1. The van der Waals surface area contributed by atoms with E-state index in [1.165, 1.54) is 9.75 Å². The predicted octanol–water partition coefficient (Wildman–Crippen LogP) is 2.56. The minimum absolute atomic E-state index is 0.142. The quantitative estimate of drug-likeness (QED) is 0.784. The van der Waals surface area contributed by atoms with Crippen LogP contribution < -0.4 is 5.32 Å². The van der Waals surface area contributed by atoms with Gasteiger partial charge < -0.3 is 5.32 Å². The Bertz CT molecular complexity index is 853. The summed E-state index contributed by atoms with van der Waals surface area (Å²) >= 11 is 1.80. The van der Waals surface area contributed by atoms with Gasteiger partial charge in [0.05, 0.1) is 0 Å². The first kappa shape index (κ1) is 14.4. The zero-order chi connectivity index (χ0) is 15.8. The van der Waals surface area contributed by atoms with Crippen LogP contribution in [0.25, 0.3) is 5.65 Å². The molecule has 1 N–H and O–H groups in total. The van der Waals surface area contributed by atoms with Crippen LogP contribution in [0.5, 0.6) is 0 Å². The summed E-state index contributed by atoms with van der Waals surface area (Å²) in [7, 11) is 0. The molecule has 4 rings (SSSR count). The van der Waals surface area contributed by atoms with Gasteiger partial charge in [0.25, 0.3) is 0 Å². The van der Waals surface area contributed by atoms with Crippen molar-refractivity contribution in [2.24, 2.45) is 5.92 Å². The molecule has 0 spiro atoms. The molecule has 0 bridgehead atoms. The summed E-state index contributed by atoms with van der Waals surface area (Å²) < 4.78 is 1.96. The van der Waals surface area contributed by atoms with Gasteiger partial charge in [0.2, 0.25) is 5.91 Å². The maximum absolute atomic E-state index is 12.2. The molecule has 1 fully saturated rings. The van der Waals surface area contributed by atoms with Gasteiger partial charge in [-0.1, -0.05) is 6.07 Å². The van der Waals surface area contributed by atoms with Crippen LogP contribution in [-0.2, 0) is 11.2 Å². The molecule has 5 nitrogen and oxygen atoms in total.